The third kappa shape index (κ3) is 10.8. The molecule has 0 N–H and O–H groups in total. The fourth-order valence-electron chi connectivity index (χ4n) is 0.793. The second-order valence-electron chi connectivity index (χ2n) is 2.83. The fraction of sp³-hybridized carbons (Fsp3) is 0.750. The van der Waals surface area contributed by atoms with Crippen LogP contribution in [0.3, 0.4) is 0 Å². The van der Waals surface area contributed by atoms with E-state index in [4.69, 9.17) is 5.26 Å². The molecule has 0 aromatic rings. The smallest absolute Gasteiger partial charge is 0.306 e. The molecule has 0 aliphatic heterocycles. The van der Waals surface area contributed by atoms with Gasteiger partial charge in [-0.05, 0) is 12.8 Å². The van der Waals surface area contributed by atoms with Crippen LogP contribution in [0.15, 0.2) is 0 Å². The van der Waals surface area contributed by atoms with Crippen molar-refractivity contribution in [2.45, 2.75) is 25.7 Å². The number of hydrogen-bond donors (Lipinski definition) is 0. The minimum absolute atomic E-state index is 0.0257. The highest BCUT2D eigenvalue weighted by atomic mass is 32.3. The van der Waals surface area contributed by atoms with E-state index in [-0.39, 0.29) is 25.9 Å². The third-order valence-electron chi connectivity index (χ3n) is 1.49. The van der Waals surface area contributed by atoms with Gasteiger partial charge in [0.2, 0.25) is 0 Å². The Bertz CT molecular complexity index is 333. The molecular weight excluding hydrogens is 225 g/mol. The summed E-state index contributed by atoms with van der Waals surface area (Å²) in [5, 5.41) is 8.15. The third-order valence-corrected chi connectivity index (χ3v) is 2.26. The Labute approximate surface area is 88.0 Å². The first-order valence-electron chi connectivity index (χ1n) is 4.40. The van der Waals surface area contributed by atoms with Crippen LogP contribution in [-0.4, -0.2) is 26.7 Å². The zero-order valence-electron chi connectivity index (χ0n) is 8.11. The number of rotatable bonds is 7. The van der Waals surface area contributed by atoms with Gasteiger partial charge in [-0.3, -0.25) is 4.79 Å². The van der Waals surface area contributed by atoms with E-state index in [2.05, 4.69) is 4.74 Å². The summed E-state index contributed by atoms with van der Waals surface area (Å²) in [6.07, 6.45) is 0.529. The number of esters is 1. The molecule has 0 radical (unpaired) electrons. The highest BCUT2D eigenvalue weighted by Gasteiger charge is 2.06. The van der Waals surface area contributed by atoms with Crippen LogP contribution in [0.2, 0.25) is 0 Å². The topological polar surface area (TPSA) is 84.2 Å². The zero-order chi connectivity index (χ0) is 11.7. The molecule has 0 fully saturated rings. The molecule has 0 rings (SSSR count). The standard InChI is InChI=1S/C8H12FNO4S/c9-15(12,13)7-2-1-6-14-8(11)4-3-5-10/h1-4,6-7H2. The minimum Gasteiger partial charge on any atom is -0.466 e. The molecular formula is C8H12FNO4S. The summed E-state index contributed by atoms with van der Waals surface area (Å²) in [5.74, 6) is -1.05. The number of carbonyl (C=O) groups excluding carboxylic acids is 1. The summed E-state index contributed by atoms with van der Waals surface area (Å²) in [7, 11) is -4.42. The molecule has 0 aliphatic rings. The monoisotopic (exact) mass is 237 g/mol. The van der Waals surface area contributed by atoms with E-state index in [1.54, 1.807) is 6.07 Å². The maximum Gasteiger partial charge on any atom is 0.306 e. The Balaban J connectivity index is 3.40. The number of halogens is 1. The summed E-state index contributed by atoms with van der Waals surface area (Å²) in [6.45, 7) is 0.0553. The van der Waals surface area contributed by atoms with Gasteiger partial charge in [0.15, 0.2) is 0 Å². The van der Waals surface area contributed by atoms with Crippen molar-refractivity contribution in [3.63, 3.8) is 0 Å². The van der Waals surface area contributed by atoms with E-state index in [1.165, 1.54) is 0 Å². The fourth-order valence-corrected chi connectivity index (χ4v) is 1.34. The van der Waals surface area contributed by atoms with Crippen LogP contribution < -0.4 is 0 Å². The van der Waals surface area contributed by atoms with E-state index in [0.717, 1.165) is 0 Å². The molecule has 0 heterocycles. The summed E-state index contributed by atoms with van der Waals surface area (Å²) in [4.78, 5) is 10.8. The lowest BCUT2D eigenvalue weighted by atomic mass is 10.3. The van der Waals surface area contributed by atoms with Crippen LogP contribution >= 0.6 is 0 Å². The average Bonchev–Trinajstić information content (AvgIpc) is 2.12. The second kappa shape index (κ2) is 7.17. The lowest BCUT2D eigenvalue weighted by Crippen LogP contribution is -2.06. The average molecular weight is 237 g/mol. The summed E-state index contributed by atoms with van der Waals surface area (Å²) >= 11 is 0. The maximum atomic E-state index is 12.0. The molecule has 0 amide bonds. The highest BCUT2D eigenvalue weighted by Crippen LogP contribution is 1.99. The van der Waals surface area contributed by atoms with Crippen molar-refractivity contribution in [2.75, 3.05) is 12.4 Å². The Morgan fingerprint density at radius 1 is 1.40 bits per heavy atom. The molecule has 0 aromatic heterocycles. The molecule has 0 saturated carbocycles. The van der Waals surface area contributed by atoms with Crippen LogP contribution in [0.25, 0.3) is 0 Å². The van der Waals surface area contributed by atoms with Crippen molar-refractivity contribution in [2.24, 2.45) is 0 Å². The molecule has 0 bridgehead atoms. The van der Waals surface area contributed by atoms with Crippen molar-refractivity contribution >= 4 is 16.2 Å². The number of ether oxygens (including phenoxy) is 1. The molecule has 5 nitrogen and oxygen atoms in total. The minimum atomic E-state index is -4.42. The molecule has 0 aliphatic carbocycles. The van der Waals surface area contributed by atoms with E-state index in [0.29, 0.717) is 6.42 Å². The van der Waals surface area contributed by atoms with Crippen molar-refractivity contribution in [3.05, 3.63) is 0 Å². The quantitative estimate of drug-likeness (QED) is 0.373. The Morgan fingerprint density at radius 3 is 2.60 bits per heavy atom. The Hall–Kier alpha value is -1.16. The number of nitrogens with zero attached hydrogens (tertiary/aromatic N) is 1. The van der Waals surface area contributed by atoms with Gasteiger partial charge in [0.05, 0.1) is 24.8 Å². The summed E-state index contributed by atoms with van der Waals surface area (Å²) < 4.78 is 36.7. The van der Waals surface area contributed by atoms with Gasteiger partial charge in [-0.25, -0.2) is 0 Å². The van der Waals surface area contributed by atoms with Gasteiger partial charge in [0.25, 0.3) is 0 Å². The van der Waals surface area contributed by atoms with Crippen LogP contribution in [0, 0.1) is 11.3 Å². The molecule has 0 aromatic carbocycles. The van der Waals surface area contributed by atoms with Crippen molar-refractivity contribution in [1.82, 2.24) is 0 Å². The number of nitriles is 1. The second-order valence-corrected chi connectivity index (χ2v) is 4.31. The molecule has 15 heavy (non-hydrogen) atoms. The maximum absolute atomic E-state index is 12.0. The predicted molar refractivity (Wildman–Crippen MR) is 49.9 cm³/mol. The van der Waals surface area contributed by atoms with Crippen LogP contribution in [0.4, 0.5) is 3.89 Å². The van der Waals surface area contributed by atoms with Crippen molar-refractivity contribution < 1.29 is 21.8 Å². The molecule has 0 spiro atoms. The molecule has 0 unspecified atom stereocenters. The summed E-state index contributed by atoms with van der Waals surface area (Å²) in [6, 6.07) is 1.79. The van der Waals surface area contributed by atoms with E-state index in [9.17, 15) is 17.1 Å². The van der Waals surface area contributed by atoms with Gasteiger partial charge in [-0.15, -0.1) is 3.89 Å². The molecule has 0 atom stereocenters. The van der Waals surface area contributed by atoms with Crippen molar-refractivity contribution in [1.29, 1.82) is 5.26 Å². The Morgan fingerprint density at radius 2 is 2.07 bits per heavy atom. The Kier molecular flexibility index (Phi) is 6.62. The van der Waals surface area contributed by atoms with Gasteiger partial charge in [-0.1, -0.05) is 0 Å². The van der Waals surface area contributed by atoms with Crippen LogP contribution in [-0.2, 0) is 19.8 Å². The lowest BCUT2D eigenvalue weighted by molar-refractivity contribution is -0.143. The zero-order valence-corrected chi connectivity index (χ0v) is 8.93. The van der Waals surface area contributed by atoms with Gasteiger partial charge in [0, 0.05) is 6.42 Å². The van der Waals surface area contributed by atoms with E-state index in [1.807, 2.05) is 0 Å². The number of unbranched alkanes of at least 4 members (excludes halogenated alkanes) is 1. The molecule has 7 heteroatoms. The molecule has 0 saturated heterocycles. The predicted octanol–water partition coefficient (Wildman–Crippen LogP) is 0.913. The first kappa shape index (κ1) is 13.8. The van der Waals surface area contributed by atoms with E-state index < -0.39 is 21.9 Å². The lowest BCUT2D eigenvalue weighted by Gasteiger charge is -2.01. The highest BCUT2D eigenvalue weighted by molar-refractivity contribution is 7.86. The molecule has 86 valence electrons. The van der Waals surface area contributed by atoms with Gasteiger partial charge in [0.1, 0.15) is 0 Å². The van der Waals surface area contributed by atoms with Gasteiger partial charge in [-0.2, -0.15) is 13.7 Å². The van der Waals surface area contributed by atoms with Gasteiger partial charge < -0.3 is 4.74 Å². The largest absolute Gasteiger partial charge is 0.466 e. The number of hydrogen-bond acceptors (Lipinski definition) is 5. The normalized spacial score (nSPS) is 10.7. The number of carbonyl (C=O) groups is 1. The SMILES string of the molecule is N#CCCC(=O)OCCCCS(=O)(=O)F. The van der Waals surface area contributed by atoms with Crippen LogP contribution in [0.1, 0.15) is 25.7 Å². The summed E-state index contributed by atoms with van der Waals surface area (Å²) in [5.41, 5.74) is 0. The first-order chi connectivity index (χ1) is 6.95. The van der Waals surface area contributed by atoms with Crippen molar-refractivity contribution in [3.8, 4) is 6.07 Å². The first-order valence-corrected chi connectivity index (χ1v) is 5.96. The van der Waals surface area contributed by atoms with Crippen LogP contribution in [0.5, 0.6) is 0 Å². The van der Waals surface area contributed by atoms with E-state index >= 15 is 0 Å². The van der Waals surface area contributed by atoms with Gasteiger partial charge >= 0.3 is 16.2 Å².